The van der Waals surface area contributed by atoms with Crippen LogP contribution >= 0.6 is 0 Å². The Bertz CT molecular complexity index is 360. The monoisotopic (exact) mass is 263 g/mol. The predicted octanol–water partition coefficient (Wildman–Crippen LogP) is 3.39. The van der Waals surface area contributed by atoms with Crippen molar-refractivity contribution in [2.75, 3.05) is 26.2 Å². The van der Waals surface area contributed by atoms with Crippen LogP contribution in [0.5, 0.6) is 5.75 Å². The van der Waals surface area contributed by atoms with Crippen LogP contribution in [-0.4, -0.2) is 37.4 Å². The molecule has 3 heteroatoms. The molecule has 0 fully saturated rings. The van der Waals surface area contributed by atoms with Crippen molar-refractivity contribution < 1.29 is 9.53 Å². The van der Waals surface area contributed by atoms with Gasteiger partial charge in [-0.25, -0.2) is 0 Å². The lowest BCUT2D eigenvalue weighted by molar-refractivity contribution is 0.112. The van der Waals surface area contributed by atoms with Gasteiger partial charge in [0, 0.05) is 12.1 Å². The summed E-state index contributed by atoms with van der Waals surface area (Å²) in [4.78, 5) is 13.1. The minimum Gasteiger partial charge on any atom is -0.494 e. The fraction of sp³-hybridized carbons (Fsp3) is 0.562. The van der Waals surface area contributed by atoms with Gasteiger partial charge in [-0.15, -0.1) is 0 Å². The van der Waals surface area contributed by atoms with Gasteiger partial charge in [-0.2, -0.15) is 0 Å². The van der Waals surface area contributed by atoms with Crippen LogP contribution in [0, 0.1) is 0 Å². The van der Waals surface area contributed by atoms with Gasteiger partial charge in [-0.05, 0) is 44.5 Å². The molecule has 106 valence electrons. The van der Waals surface area contributed by atoms with Crippen molar-refractivity contribution >= 4 is 6.29 Å². The summed E-state index contributed by atoms with van der Waals surface area (Å²) in [5, 5.41) is 0. The van der Waals surface area contributed by atoms with Gasteiger partial charge in [0.1, 0.15) is 12.0 Å². The van der Waals surface area contributed by atoms with Gasteiger partial charge in [-0.3, -0.25) is 4.79 Å². The van der Waals surface area contributed by atoms with E-state index >= 15 is 0 Å². The molecule has 1 aromatic rings. The highest BCUT2D eigenvalue weighted by Crippen LogP contribution is 2.12. The summed E-state index contributed by atoms with van der Waals surface area (Å²) in [5.41, 5.74) is 0.663. The van der Waals surface area contributed by atoms with E-state index in [9.17, 15) is 4.79 Å². The molecule has 0 radical (unpaired) electrons. The number of carbonyl (C=O) groups is 1. The van der Waals surface area contributed by atoms with E-state index in [0.29, 0.717) is 12.2 Å². The van der Waals surface area contributed by atoms with Crippen molar-refractivity contribution in [3.05, 3.63) is 29.8 Å². The van der Waals surface area contributed by atoms with Crippen LogP contribution in [0.25, 0.3) is 0 Å². The van der Waals surface area contributed by atoms with E-state index in [1.165, 1.54) is 12.8 Å². The molecule has 0 aliphatic rings. The first-order chi connectivity index (χ1) is 9.30. The number of aldehydes is 1. The summed E-state index contributed by atoms with van der Waals surface area (Å²) < 4.78 is 5.67. The van der Waals surface area contributed by atoms with Crippen LogP contribution in [0.15, 0.2) is 24.3 Å². The normalized spacial score (nSPS) is 10.7. The molecule has 0 amide bonds. The maximum Gasteiger partial charge on any atom is 0.150 e. The van der Waals surface area contributed by atoms with E-state index in [1.54, 1.807) is 12.1 Å². The fourth-order valence-corrected chi connectivity index (χ4v) is 2.12. The average molecular weight is 263 g/mol. The van der Waals surface area contributed by atoms with Crippen molar-refractivity contribution in [1.29, 1.82) is 0 Å². The Morgan fingerprint density at radius 1 is 1.16 bits per heavy atom. The van der Waals surface area contributed by atoms with Crippen LogP contribution in [-0.2, 0) is 0 Å². The smallest absolute Gasteiger partial charge is 0.150 e. The van der Waals surface area contributed by atoms with E-state index in [0.717, 1.165) is 38.1 Å². The molecular weight excluding hydrogens is 238 g/mol. The Labute approximate surface area is 116 Å². The van der Waals surface area contributed by atoms with Gasteiger partial charge in [0.05, 0.1) is 6.61 Å². The fourth-order valence-electron chi connectivity index (χ4n) is 2.12. The van der Waals surface area contributed by atoms with E-state index in [-0.39, 0.29) is 0 Å². The highest BCUT2D eigenvalue weighted by atomic mass is 16.5. The number of carbonyl (C=O) groups excluding carboxylic acids is 1. The van der Waals surface area contributed by atoms with E-state index in [2.05, 4.69) is 18.7 Å². The molecule has 0 atom stereocenters. The second-order valence-corrected chi connectivity index (χ2v) is 4.73. The summed E-state index contributed by atoms with van der Waals surface area (Å²) in [7, 11) is 0. The Morgan fingerprint density at radius 3 is 2.53 bits per heavy atom. The third kappa shape index (κ3) is 6.39. The molecule has 1 aromatic carbocycles. The lowest BCUT2D eigenvalue weighted by Crippen LogP contribution is -2.27. The van der Waals surface area contributed by atoms with Crippen molar-refractivity contribution in [1.82, 2.24) is 4.90 Å². The van der Waals surface area contributed by atoms with Gasteiger partial charge in [0.2, 0.25) is 0 Å². The van der Waals surface area contributed by atoms with Crippen LogP contribution in [0.3, 0.4) is 0 Å². The summed E-state index contributed by atoms with van der Waals surface area (Å²) in [5.74, 6) is 0.780. The standard InChI is InChI=1S/C16H25NO2/c1-3-9-17(10-4-2)11-6-12-19-16-8-5-7-15(13-16)14-18/h5,7-8,13-14H,3-4,6,9-12H2,1-2H3. The minimum atomic E-state index is 0.663. The third-order valence-corrected chi connectivity index (χ3v) is 2.96. The van der Waals surface area contributed by atoms with Crippen molar-refractivity contribution in [2.24, 2.45) is 0 Å². The average Bonchev–Trinajstić information content (AvgIpc) is 2.44. The summed E-state index contributed by atoms with van der Waals surface area (Å²) in [6.07, 6.45) is 4.26. The molecule has 0 N–H and O–H groups in total. The van der Waals surface area contributed by atoms with Crippen molar-refractivity contribution in [3.8, 4) is 5.75 Å². The maximum atomic E-state index is 10.7. The first-order valence-electron chi connectivity index (χ1n) is 7.20. The molecular formula is C16H25NO2. The number of hydrogen-bond acceptors (Lipinski definition) is 3. The van der Waals surface area contributed by atoms with Crippen molar-refractivity contribution in [2.45, 2.75) is 33.1 Å². The number of ether oxygens (including phenoxy) is 1. The van der Waals surface area contributed by atoms with Gasteiger partial charge in [0.15, 0.2) is 0 Å². The number of benzene rings is 1. The topological polar surface area (TPSA) is 29.5 Å². The zero-order valence-electron chi connectivity index (χ0n) is 12.1. The lowest BCUT2D eigenvalue weighted by Gasteiger charge is -2.20. The molecule has 19 heavy (non-hydrogen) atoms. The van der Waals surface area contributed by atoms with Gasteiger partial charge >= 0.3 is 0 Å². The summed E-state index contributed by atoms with van der Waals surface area (Å²) >= 11 is 0. The van der Waals surface area contributed by atoms with Crippen molar-refractivity contribution in [3.63, 3.8) is 0 Å². The van der Waals surface area contributed by atoms with Crippen LogP contribution in [0.4, 0.5) is 0 Å². The SMILES string of the molecule is CCCN(CCC)CCCOc1cccc(C=O)c1. The maximum absolute atomic E-state index is 10.7. The number of hydrogen-bond donors (Lipinski definition) is 0. The van der Waals surface area contributed by atoms with Gasteiger partial charge in [-0.1, -0.05) is 26.0 Å². The molecule has 0 saturated carbocycles. The largest absolute Gasteiger partial charge is 0.494 e. The molecule has 0 spiro atoms. The molecule has 1 rings (SSSR count). The second-order valence-electron chi connectivity index (χ2n) is 4.73. The number of nitrogens with zero attached hydrogens (tertiary/aromatic N) is 1. The zero-order chi connectivity index (χ0) is 13.9. The highest BCUT2D eigenvalue weighted by Gasteiger charge is 2.02. The van der Waals surface area contributed by atoms with Crippen LogP contribution in [0.2, 0.25) is 0 Å². The third-order valence-electron chi connectivity index (χ3n) is 2.96. The van der Waals surface area contributed by atoms with E-state index in [4.69, 9.17) is 4.74 Å². The molecule has 0 heterocycles. The molecule has 0 unspecified atom stereocenters. The summed E-state index contributed by atoms with van der Waals surface area (Å²) in [6.45, 7) is 8.53. The number of rotatable bonds is 10. The minimum absolute atomic E-state index is 0.663. The highest BCUT2D eigenvalue weighted by molar-refractivity contribution is 5.75. The van der Waals surface area contributed by atoms with Gasteiger partial charge < -0.3 is 9.64 Å². The lowest BCUT2D eigenvalue weighted by atomic mass is 10.2. The predicted molar refractivity (Wildman–Crippen MR) is 79.0 cm³/mol. The molecule has 0 bridgehead atoms. The first kappa shape index (κ1) is 15.7. The van der Waals surface area contributed by atoms with Crippen LogP contribution < -0.4 is 4.74 Å². The molecule has 3 nitrogen and oxygen atoms in total. The van der Waals surface area contributed by atoms with E-state index in [1.807, 2.05) is 12.1 Å². The zero-order valence-corrected chi connectivity index (χ0v) is 12.1. The Balaban J connectivity index is 2.26. The molecule has 0 aliphatic heterocycles. The molecule has 0 aromatic heterocycles. The summed E-state index contributed by atoms with van der Waals surface area (Å²) in [6, 6.07) is 7.30. The Kier molecular flexibility index (Phi) is 7.91. The van der Waals surface area contributed by atoms with Crippen LogP contribution in [0.1, 0.15) is 43.5 Å². The quantitative estimate of drug-likeness (QED) is 0.479. The second kappa shape index (κ2) is 9.56. The first-order valence-corrected chi connectivity index (χ1v) is 7.20. The Hall–Kier alpha value is -1.35. The van der Waals surface area contributed by atoms with E-state index < -0.39 is 0 Å². The Morgan fingerprint density at radius 2 is 1.89 bits per heavy atom. The molecule has 0 saturated heterocycles. The van der Waals surface area contributed by atoms with Gasteiger partial charge in [0.25, 0.3) is 0 Å². The molecule has 0 aliphatic carbocycles.